The van der Waals surface area contributed by atoms with E-state index < -0.39 is 0 Å². The van der Waals surface area contributed by atoms with Crippen molar-refractivity contribution in [1.29, 1.82) is 5.41 Å². The van der Waals surface area contributed by atoms with Crippen LogP contribution in [0.25, 0.3) is 0 Å². The van der Waals surface area contributed by atoms with Crippen molar-refractivity contribution in [3.8, 4) is 0 Å². The Morgan fingerprint density at radius 2 is 1.97 bits per heavy atom. The minimum absolute atomic E-state index is 0.131. The largest absolute Gasteiger partial charge is 0.404 e. The average molecular weight is 427 g/mol. The number of nitrogens with two attached hydrogens (primary N) is 1. The molecular formula is C25H38N4O2. The van der Waals surface area contributed by atoms with Gasteiger partial charge in [0, 0.05) is 61.6 Å². The molecule has 0 aromatic carbocycles. The number of hydrogen-bond donors (Lipinski definition) is 2. The molecule has 2 aliphatic heterocycles. The maximum absolute atomic E-state index is 14.0. The number of ether oxygens (including phenoxy) is 1. The predicted molar refractivity (Wildman–Crippen MR) is 122 cm³/mol. The highest BCUT2D eigenvalue weighted by Gasteiger charge is 2.46. The summed E-state index contributed by atoms with van der Waals surface area (Å²) in [4.78, 5) is 18.8. The summed E-state index contributed by atoms with van der Waals surface area (Å²) < 4.78 is 5.55. The van der Waals surface area contributed by atoms with Crippen molar-refractivity contribution in [2.45, 2.75) is 76.3 Å². The van der Waals surface area contributed by atoms with Crippen LogP contribution in [0.4, 0.5) is 0 Å². The Bertz CT molecular complexity index is 765. The summed E-state index contributed by atoms with van der Waals surface area (Å²) in [6, 6.07) is 0.635. The highest BCUT2D eigenvalue weighted by atomic mass is 16.5. The van der Waals surface area contributed by atoms with Crippen molar-refractivity contribution in [3.63, 3.8) is 0 Å². The van der Waals surface area contributed by atoms with Crippen molar-refractivity contribution in [2.24, 2.45) is 23.5 Å². The van der Waals surface area contributed by atoms with Gasteiger partial charge in [0.2, 0.25) is 5.91 Å². The Morgan fingerprint density at radius 1 is 1.16 bits per heavy atom. The average Bonchev–Trinajstić information content (AvgIpc) is 3.55. The first-order valence-corrected chi connectivity index (χ1v) is 12.5. The zero-order valence-corrected chi connectivity index (χ0v) is 18.7. The SMILES string of the molecule is N=C1CCC(N(C(=O)C2CCC=C3C2CCN3CC2CCOCC2)C2CC2)CC1=CN. The van der Waals surface area contributed by atoms with Crippen molar-refractivity contribution in [2.75, 3.05) is 26.3 Å². The van der Waals surface area contributed by atoms with Gasteiger partial charge in [0.1, 0.15) is 0 Å². The number of fused-ring (bicyclic) bond motifs is 1. The number of likely N-dealkylation sites (tertiary alicyclic amines) is 1. The lowest BCUT2D eigenvalue weighted by atomic mass is 9.79. The summed E-state index contributed by atoms with van der Waals surface area (Å²) in [5.41, 5.74) is 8.85. The third kappa shape index (κ3) is 4.28. The van der Waals surface area contributed by atoms with E-state index in [0.717, 1.165) is 89.2 Å². The van der Waals surface area contributed by atoms with E-state index in [1.807, 2.05) is 0 Å². The van der Waals surface area contributed by atoms with Crippen LogP contribution in [0.5, 0.6) is 0 Å². The van der Waals surface area contributed by atoms with E-state index in [-0.39, 0.29) is 12.0 Å². The number of nitrogens with zero attached hydrogens (tertiary/aromatic N) is 2. The molecule has 3 N–H and O–H groups in total. The maximum atomic E-state index is 14.0. The van der Waals surface area contributed by atoms with Gasteiger partial charge in [-0.2, -0.15) is 0 Å². The molecule has 2 saturated heterocycles. The lowest BCUT2D eigenvalue weighted by molar-refractivity contribution is -0.140. The standard InChI is InChI=1S/C25H38N4O2/c26-15-18-14-20(6-7-23(18)27)29(19-4-5-19)25(30)22-2-1-3-24-21(22)8-11-28(24)16-17-9-12-31-13-10-17/h3,15,17,19-22,27H,1-2,4-14,16,26H2. The Labute approximate surface area is 186 Å². The van der Waals surface area contributed by atoms with Crippen LogP contribution in [0, 0.1) is 23.2 Å². The molecule has 6 heteroatoms. The molecular weight excluding hydrogens is 388 g/mol. The number of hydrogen-bond acceptors (Lipinski definition) is 5. The number of nitrogens with one attached hydrogen (secondary N) is 1. The molecule has 0 bridgehead atoms. The quantitative estimate of drug-likeness (QED) is 0.706. The number of amides is 1. The zero-order valence-electron chi connectivity index (χ0n) is 18.7. The highest BCUT2D eigenvalue weighted by Crippen LogP contribution is 2.44. The monoisotopic (exact) mass is 426 g/mol. The van der Waals surface area contributed by atoms with E-state index in [1.165, 1.54) is 18.5 Å². The summed E-state index contributed by atoms with van der Waals surface area (Å²) in [6.45, 7) is 4.03. The fourth-order valence-electron chi connectivity index (χ4n) is 6.40. The molecule has 2 heterocycles. The van der Waals surface area contributed by atoms with E-state index >= 15 is 0 Å². The van der Waals surface area contributed by atoms with Crippen molar-refractivity contribution in [1.82, 2.24) is 9.80 Å². The molecule has 4 fully saturated rings. The minimum atomic E-state index is 0.131. The van der Waals surface area contributed by atoms with Crippen LogP contribution in [0.1, 0.15) is 64.2 Å². The van der Waals surface area contributed by atoms with Gasteiger partial charge in [-0.15, -0.1) is 0 Å². The van der Waals surface area contributed by atoms with Gasteiger partial charge in [-0.05, 0) is 81.9 Å². The van der Waals surface area contributed by atoms with E-state index in [4.69, 9.17) is 15.9 Å². The first-order chi connectivity index (χ1) is 15.2. The van der Waals surface area contributed by atoms with Gasteiger partial charge >= 0.3 is 0 Å². The summed E-state index contributed by atoms with van der Waals surface area (Å²) in [5, 5.41) is 8.15. The fourth-order valence-corrected chi connectivity index (χ4v) is 6.40. The van der Waals surface area contributed by atoms with E-state index in [2.05, 4.69) is 15.9 Å². The van der Waals surface area contributed by atoms with Crippen LogP contribution >= 0.6 is 0 Å². The van der Waals surface area contributed by atoms with E-state index in [9.17, 15) is 4.79 Å². The van der Waals surface area contributed by atoms with Gasteiger partial charge in [0.25, 0.3) is 0 Å². The number of rotatable bonds is 5. The van der Waals surface area contributed by atoms with Gasteiger partial charge in [-0.3, -0.25) is 4.79 Å². The lowest BCUT2D eigenvalue weighted by Gasteiger charge is -2.40. The van der Waals surface area contributed by atoms with Crippen LogP contribution in [0.3, 0.4) is 0 Å². The summed E-state index contributed by atoms with van der Waals surface area (Å²) in [5.74, 6) is 1.65. The summed E-state index contributed by atoms with van der Waals surface area (Å²) in [7, 11) is 0. The van der Waals surface area contributed by atoms with Gasteiger partial charge in [-0.25, -0.2) is 0 Å². The first kappa shape index (κ1) is 21.0. The predicted octanol–water partition coefficient (Wildman–Crippen LogP) is 3.43. The third-order valence-electron chi connectivity index (χ3n) is 8.27. The molecule has 2 saturated carbocycles. The molecule has 0 aromatic rings. The van der Waals surface area contributed by atoms with Crippen LogP contribution in [-0.4, -0.2) is 59.8 Å². The van der Waals surface area contributed by atoms with Crippen LogP contribution in [0.15, 0.2) is 23.5 Å². The topological polar surface area (TPSA) is 82.7 Å². The first-order valence-electron chi connectivity index (χ1n) is 12.5. The molecule has 1 amide bonds. The molecule has 6 nitrogen and oxygen atoms in total. The molecule has 5 aliphatic rings. The van der Waals surface area contributed by atoms with Crippen LogP contribution in [-0.2, 0) is 9.53 Å². The maximum Gasteiger partial charge on any atom is 0.226 e. The molecule has 3 atom stereocenters. The number of carbonyl (C=O) groups excluding carboxylic acids is 1. The van der Waals surface area contributed by atoms with Crippen molar-refractivity contribution in [3.05, 3.63) is 23.5 Å². The molecule has 0 aromatic heterocycles. The molecule has 3 unspecified atom stereocenters. The second-order valence-electron chi connectivity index (χ2n) is 10.3. The molecule has 31 heavy (non-hydrogen) atoms. The third-order valence-corrected chi connectivity index (χ3v) is 8.27. The Balaban J connectivity index is 1.28. The Hall–Kier alpha value is -1.82. The normalized spacial score (nSPS) is 33.4. The number of carbonyl (C=O) groups is 1. The summed E-state index contributed by atoms with van der Waals surface area (Å²) in [6.07, 6.45) is 14.2. The van der Waals surface area contributed by atoms with Crippen molar-refractivity contribution >= 4 is 11.6 Å². The van der Waals surface area contributed by atoms with Crippen LogP contribution < -0.4 is 5.73 Å². The lowest BCUT2D eigenvalue weighted by Crippen LogP contribution is -2.49. The second-order valence-corrected chi connectivity index (χ2v) is 10.3. The Kier molecular flexibility index (Phi) is 6.09. The Morgan fingerprint density at radius 3 is 2.71 bits per heavy atom. The van der Waals surface area contributed by atoms with E-state index in [1.54, 1.807) is 6.20 Å². The highest BCUT2D eigenvalue weighted by molar-refractivity contribution is 5.98. The fraction of sp³-hybridized carbons (Fsp3) is 0.760. The smallest absolute Gasteiger partial charge is 0.226 e. The molecule has 0 radical (unpaired) electrons. The van der Waals surface area contributed by atoms with Crippen LogP contribution in [0.2, 0.25) is 0 Å². The molecule has 0 spiro atoms. The van der Waals surface area contributed by atoms with Gasteiger partial charge in [-0.1, -0.05) is 6.08 Å². The summed E-state index contributed by atoms with van der Waals surface area (Å²) >= 11 is 0. The molecule has 5 rings (SSSR count). The van der Waals surface area contributed by atoms with Gasteiger partial charge < -0.3 is 25.7 Å². The molecule has 170 valence electrons. The second kappa shape index (κ2) is 8.97. The van der Waals surface area contributed by atoms with Crippen molar-refractivity contribution < 1.29 is 9.53 Å². The van der Waals surface area contributed by atoms with E-state index in [0.29, 0.717) is 23.6 Å². The van der Waals surface area contributed by atoms with Gasteiger partial charge in [0.05, 0.1) is 0 Å². The number of allylic oxidation sites excluding steroid dienone is 2. The van der Waals surface area contributed by atoms with Gasteiger partial charge in [0.15, 0.2) is 0 Å². The minimum Gasteiger partial charge on any atom is -0.404 e. The molecule has 3 aliphatic carbocycles. The zero-order chi connectivity index (χ0) is 21.4.